The van der Waals surface area contributed by atoms with Crippen LogP contribution in [0.3, 0.4) is 0 Å². The van der Waals surface area contributed by atoms with E-state index in [4.69, 9.17) is 0 Å². The van der Waals surface area contributed by atoms with Gasteiger partial charge in [-0.25, -0.2) is 9.59 Å². The maximum absolute atomic E-state index is 12.3. The first kappa shape index (κ1) is 22.8. The first-order valence-electron chi connectivity index (χ1n) is 5.24. The first-order chi connectivity index (χ1) is 10.7. The molecule has 25 heavy (non-hydrogen) atoms. The summed E-state index contributed by atoms with van der Waals surface area (Å²) in [5.41, 5.74) is -6.50. The van der Waals surface area contributed by atoms with Crippen molar-refractivity contribution in [1.82, 2.24) is 0 Å². The average molecular weight is 398 g/mol. The molecule has 0 bridgehead atoms. The number of halogens is 12. The zero-order chi connectivity index (χ0) is 20.4. The van der Waals surface area contributed by atoms with Crippen molar-refractivity contribution in [2.75, 3.05) is 0 Å². The van der Waals surface area contributed by atoms with E-state index >= 15 is 0 Å². The van der Waals surface area contributed by atoms with Crippen LogP contribution in [0.4, 0.5) is 52.7 Å². The Morgan fingerprint density at radius 1 is 0.560 bits per heavy atom. The van der Waals surface area contributed by atoms with Crippen LogP contribution >= 0.6 is 0 Å². The van der Waals surface area contributed by atoms with Gasteiger partial charge in [0.05, 0.1) is 0 Å². The number of carbonyl (C=O) groups is 2. The van der Waals surface area contributed by atoms with E-state index in [1.54, 1.807) is 0 Å². The van der Waals surface area contributed by atoms with Gasteiger partial charge < -0.3 is 4.74 Å². The van der Waals surface area contributed by atoms with Crippen LogP contribution < -0.4 is 0 Å². The van der Waals surface area contributed by atoms with Crippen LogP contribution in [0.5, 0.6) is 0 Å². The number of esters is 2. The third-order valence-electron chi connectivity index (χ3n) is 1.85. The number of ether oxygens (including phenoxy) is 1. The number of alkyl halides is 12. The lowest BCUT2D eigenvalue weighted by molar-refractivity contribution is -0.167. The molecular formula is C10H2F12O3. The van der Waals surface area contributed by atoms with Gasteiger partial charge in [-0.15, -0.1) is 0 Å². The number of rotatable bonds is 2. The minimum atomic E-state index is -6.13. The number of hydrogen-bond donors (Lipinski definition) is 0. The second-order valence-corrected chi connectivity index (χ2v) is 3.87. The highest BCUT2D eigenvalue weighted by Gasteiger charge is 2.48. The Labute approximate surface area is 128 Å². The summed E-state index contributed by atoms with van der Waals surface area (Å²) in [5.74, 6) is -6.54. The lowest BCUT2D eigenvalue weighted by Gasteiger charge is -2.14. The molecule has 0 spiro atoms. The van der Waals surface area contributed by atoms with E-state index in [2.05, 4.69) is 4.74 Å². The summed E-state index contributed by atoms with van der Waals surface area (Å²) in [7, 11) is 0. The molecule has 0 N–H and O–H groups in total. The number of hydrogen-bond acceptors (Lipinski definition) is 3. The molecule has 0 atom stereocenters. The zero-order valence-electron chi connectivity index (χ0n) is 10.9. The van der Waals surface area contributed by atoms with Gasteiger partial charge in [-0.3, -0.25) is 0 Å². The van der Waals surface area contributed by atoms with Crippen LogP contribution in [0.25, 0.3) is 0 Å². The Morgan fingerprint density at radius 2 is 0.800 bits per heavy atom. The van der Waals surface area contributed by atoms with Crippen LogP contribution in [-0.2, 0) is 14.3 Å². The molecule has 0 amide bonds. The van der Waals surface area contributed by atoms with Crippen molar-refractivity contribution in [3.63, 3.8) is 0 Å². The summed E-state index contributed by atoms with van der Waals surface area (Å²) in [6, 6.07) is 0. The fraction of sp³-hybridized carbons (Fsp3) is 0.400. The van der Waals surface area contributed by atoms with Crippen molar-refractivity contribution >= 4 is 11.9 Å². The molecule has 0 aromatic heterocycles. The second-order valence-electron chi connectivity index (χ2n) is 3.87. The summed E-state index contributed by atoms with van der Waals surface area (Å²) in [6.07, 6.45) is -27.3. The molecule has 0 aliphatic carbocycles. The van der Waals surface area contributed by atoms with Crippen LogP contribution in [0.15, 0.2) is 23.3 Å². The van der Waals surface area contributed by atoms with Crippen LogP contribution in [0.1, 0.15) is 0 Å². The van der Waals surface area contributed by atoms with E-state index in [0.717, 1.165) is 0 Å². The summed E-state index contributed by atoms with van der Waals surface area (Å²) in [5, 5.41) is 0. The molecule has 0 aliphatic rings. The minimum Gasteiger partial charge on any atom is -0.386 e. The largest absolute Gasteiger partial charge is 0.423 e. The third-order valence-corrected chi connectivity index (χ3v) is 1.85. The third kappa shape index (κ3) is 8.44. The van der Waals surface area contributed by atoms with Crippen LogP contribution in [0, 0.1) is 0 Å². The van der Waals surface area contributed by atoms with Crippen molar-refractivity contribution in [2.24, 2.45) is 0 Å². The molecule has 0 aliphatic heterocycles. The normalized spacial score (nSPS) is 15.2. The Bertz CT molecular complexity index is 532. The zero-order valence-corrected chi connectivity index (χ0v) is 10.9. The molecule has 144 valence electrons. The smallest absolute Gasteiger partial charge is 0.386 e. The summed E-state index contributed by atoms with van der Waals surface area (Å²) >= 11 is 0. The molecule has 0 saturated carbocycles. The number of allylic oxidation sites excluding steroid dienone is 2. The van der Waals surface area contributed by atoms with Gasteiger partial charge in [0.15, 0.2) is 0 Å². The van der Waals surface area contributed by atoms with Crippen molar-refractivity contribution in [3.8, 4) is 0 Å². The van der Waals surface area contributed by atoms with E-state index in [1.165, 1.54) is 0 Å². The lowest BCUT2D eigenvalue weighted by atomic mass is 10.2. The second kappa shape index (κ2) is 6.95. The van der Waals surface area contributed by atoms with Crippen molar-refractivity contribution in [2.45, 2.75) is 24.7 Å². The molecule has 0 unspecified atom stereocenters. The molecule has 0 aromatic carbocycles. The highest BCUT2D eigenvalue weighted by atomic mass is 19.4. The van der Waals surface area contributed by atoms with Crippen LogP contribution in [-0.4, -0.2) is 36.6 Å². The SMILES string of the molecule is O=C(OC(=O)C(=CC(F)(F)F)C(F)(F)F)C(=CC(F)(F)F)C(F)(F)F. The minimum absolute atomic E-state index is 1.73. The Hall–Kier alpha value is -2.22. The lowest BCUT2D eigenvalue weighted by Crippen LogP contribution is -2.30. The predicted octanol–water partition coefficient (Wildman–Crippen LogP) is 4.16. The Balaban J connectivity index is 5.81. The van der Waals surface area contributed by atoms with Crippen molar-refractivity contribution in [3.05, 3.63) is 23.3 Å². The molecule has 0 rings (SSSR count). The maximum Gasteiger partial charge on any atom is 0.423 e. The van der Waals surface area contributed by atoms with Gasteiger partial charge in [0, 0.05) is 12.2 Å². The Kier molecular flexibility index (Phi) is 6.33. The molecule has 0 radical (unpaired) electrons. The standard InChI is InChI=1S/C10H2F12O3/c11-7(12,13)1-3(9(17,18)19)5(23)25-6(24)4(10(20,21)22)2-8(14,15)16/h1-2H. The Morgan fingerprint density at radius 3 is 0.960 bits per heavy atom. The monoisotopic (exact) mass is 398 g/mol. The topological polar surface area (TPSA) is 43.4 Å². The van der Waals surface area contributed by atoms with E-state index < -0.39 is 59.9 Å². The van der Waals surface area contributed by atoms with Gasteiger partial charge >= 0.3 is 36.6 Å². The van der Waals surface area contributed by atoms with Crippen molar-refractivity contribution in [1.29, 1.82) is 0 Å². The molecule has 0 saturated heterocycles. The highest BCUT2D eigenvalue weighted by Crippen LogP contribution is 2.34. The van der Waals surface area contributed by atoms with E-state index in [-0.39, 0.29) is 0 Å². The maximum atomic E-state index is 12.3. The van der Waals surface area contributed by atoms with Gasteiger partial charge in [0.1, 0.15) is 11.1 Å². The van der Waals surface area contributed by atoms with Gasteiger partial charge in [0.2, 0.25) is 0 Å². The molecule has 0 aromatic rings. The predicted molar refractivity (Wildman–Crippen MR) is 51.5 cm³/mol. The van der Waals surface area contributed by atoms with E-state index in [0.29, 0.717) is 0 Å². The van der Waals surface area contributed by atoms with Crippen molar-refractivity contribution < 1.29 is 67.0 Å². The molecule has 3 nitrogen and oxygen atoms in total. The van der Waals surface area contributed by atoms with Crippen LogP contribution in [0.2, 0.25) is 0 Å². The average Bonchev–Trinajstić information content (AvgIpc) is 2.27. The molecule has 0 fully saturated rings. The fourth-order valence-corrected chi connectivity index (χ4v) is 1.03. The molecule has 15 heteroatoms. The summed E-state index contributed by atoms with van der Waals surface area (Å²) in [6.45, 7) is 0. The molecule has 0 heterocycles. The van der Waals surface area contributed by atoms with Gasteiger partial charge in [-0.05, 0) is 0 Å². The van der Waals surface area contributed by atoms with Gasteiger partial charge in [-0.1, -0.05) is 0 Å². The van der Waals surface area contributed by atoms with Gasteiger partial charge in [0.25, 0.3) is 0 Å². The number of carbonyl (C=O) groups excluding carboxylic acids is 2. The summed E-state index contributed by atoms with van der Waals surface area (Å²) < 4.78 is 148. The highest BCUT2D eigenvalue weighted by molar-refractivity contribution is 6.03. The first-order valence-corrected chi connectivity index (χ1v) is 5.24. The van der Waals surface area contributed by atoms with E-state index in [1.807, 2.05) is 0 Å². The quantitative estimate of drug-likeness (QED) is 0.304. The summed E-state index contributed by atoms with van der Waals surface area (Å²) in [4.78, 5) is 21.7. The molecular weight excluding hydrogens is 396 g/mol. The fourth-order valence-electron chi connectivity index (χ4n) is 1.03. The van der Waals surface area contributed by atoms with Gasteiger partial charge in [-0.2, -0.15) is 52.7 Å². The van der Waals surface area contributed by atoms with E-state index in [9.17, 15) is 62.3 Å².